The van der Waals surface area contributed by atoms with Crippen molar-refractivity contribution in [2.24, 2.45) is 5.92 Å². The summed E-state index contributed by atoms with van der Waals surface area (Å²) >= 11 is 0. The van der Waals surface area contributed by atoms with Crippen LogP contribution < -0.4 is 10.6 Å². The van der Waals surface area contributed by atoms with Gasteiger partial charge in [-0.25, -0.2) is 9.37 Å². The summed E-state index contributed by atoms with van der Waals surface area (Å²) in [6, 6.07) is 3.59. The smallest absolute Gasteiger partial charge is 0.145 e. The number of rotatable bonds is 6. The third kappa shape index (κ3) is 4.14. The number of aromatic nitrogens is 4. The molecule has 0 bridgehead atoms. The van der Waals surface area contributed by atoms with Crippen molar-refractivity contribution >= 4 is 22.4 Å². The van der Waals surface area contributed by atoms with E-state index in [0.29, 0.717) is 36.6 Å². The lowest BCUT2D eigenvalue weighted by atomic mass is 10.1. The SMILES string of the molecule is O=C(Cc1cc2cc(-c3cncc(N[C@H]4CCNC[C@@H]4F)n3)ncc2cn1)C1CC1. The predicted molar refractivity (Wildman–Crippen MR) is 112 cm³/mol. The second kappa shape index (κ2) is 8.02. The number of nitrogens with one attached hydrogen (secondary N) is 2. The third-order valence-corrected chi connectivity index (χ3v) is 5.69. The van der Waals surface area contributed by atoms with E-state index in [9.17, 15) is 9.18 Å². The Hall–Kier alpha value is -3.00. The maximum Gasteiger partial charge on any atom is 0.145 e. The quantitative estimate of drug-likeness (QED) is 0.650. The van der Waals surface area contributed by atoms with E-state index >= 15 is 0 Å². The molecular weight excluding hydrogens is 383 g/mol. The van der Waals surface area contributed by atoms with E-state index in [2.05, 4.69) is 30.6 Å². The van der Waals surface area contributed by atoms with Gasteiger partial charge in [-0.15, -0.1) is 0 Å². The summed E-state index contributed by atoms with van der Waals surface area (Å²) in [4.78, 5) is 29.9. The number of fused-ring (bicyclic) bond motifs is 1. The first-order valence-corrected chi connectivity index (χ1v) is 10.4. The van der Waals surface area contributed by atoms with Crippen molar-refractivity contribution in [2.45, 2.75) is 37.9 Å². The fourth-order valence-electron chi connectivity index (χ4n) is 3.78. The lowest BCUT2D eigenvalue weighted by molar-refractivity contribution is -0.119. The molecule has 0 radical (unpaired) electrons. The van der Waals surface area contributed by atoms with E-state index in [1.807, 2.05) is 12.1 Å². The lowest BCUT2D eigenvalue weighted by Gasteiger charge is -2.27. The highest BCUT2D eigenvalue weighted by Crippen LogP contribution is 2.31. The molecule has 1 saturated heterocycles. The number of hydrogen-bond acceptors (Lipinski definition) is 7. The molecule has 2 fully saturated rings. The third-order valence-electron chi connectivity index (χ3n) is 5.69. The predicted octanol–water partition coefficient (Wildman–Crippen LogP) is 2.72. The molecule has 8 heteroatoms. The number of piperidine rings is 1. The van der Waals surface area contributed by atoms with Crippen LogP contribution in [0.5, 0.6) is 0 Å². The van der Waals surface area contributed by atoms with Crippen molar-refractivity contribution in [2.75, 3.05) is 18.4 Å². The molecule has 30 heavy (non-hydrogen) atoms. The van der Waals surface area contributed by atoms with E-state index in [1.54, 1.807) is 24.8 Å². The lowest BCUT2D eigenvalue weighted by Crippen LogP contribution is -2.45. The maximum absolute atomic E-state index is 14.1. The van der Waals surface area contributed by atoms with E-state index in [1.165, 1.54) is 0 Å². The topological polar surface area (TPSA) is 92.7 Å². The average molecular weight is 406 g/mol. The van der Waals surface area contributed by atoms with Crippen molar-refractivity contribution in [3.05, 3.63) is 42.6 Å². The van der Waals surface area contributed by atoms with Crippen LogP contribution in [0.25, 0.3) is 22.2 Å². The Morgan fingerprint density at radius 1 is 1.07 bits per heavy atom. The Morgan fingerprint density at radius 2 is 1.93 bits per heavy atom. The molecule has 2 aliphatic rings. The Labute approximate surface area is 173 Å². The Kier molecular flexibility index (Phi) is 5.08. The number of anilines is 1. The molecular formula is C22H23FN6O. The highest BCUT2D eigenvalue weighted by molar-refractivity contribution is 5.88. The summed E-state index contributed by atoms with van der Waals surface area (Å²) in [7, 11) is 0. The molecule has 154 valence electrons. The molecule has 0 aromatic carbocycles. The molecule has 1 saturated carbocycles. The average Bonchev–Trinajstić information content (AvgIpc) is 3.61. The van der Waals surface area contributed by atoms with Gasteiger partial charge in [-0.2, -0.15) is 0 Å². The maximum atomic E-state index is 14.1. The molecule has 1 aliphatic heterocycles. The standard InChI is InChI=1S/C22H23FN6O/c23-17-10-24-4-3-18(17)28-22-12-25-11-20(29-22)19-6-14-5-16(7-21(30)13-1-2-13)26-8-15(14)9-27-19/h5-6,8-9,11-13,17-18,24H,1-4,7,10H2,(H,28,29)/t17-,18-/m0/s1. The van der Waals surface area contributed by atoms with Crippen LogP contribution in [0, 0.1) is 5.92 Å². The van der Waals surface area contributed by atoms with E-state index in [0.717, 1.165) is 35.9 Å². The molecule has 3 aromatic heterocycles. The van der Waals surface area contributed by atoms with Gasteiger partial charge in [-0.3, -0.25) is 19.7 Å². The van der Waals surface area contributed by atoms with Crippen LogP contribution in [0.4, 0.5) is 10.2 Å². The van der Waals surface area contributed by atoms with Gasteiger partial charge in [0.05, 0.1) is 24.1 Å². The molecule has 1 aliphatic carbocycles. The second-order valence-electron chi connectivity index (χ2n) is 8.06. The van der Waals surface area contributed by atoms with Crippen LogP contribution in [0.2, 0.25) is 0 Å². The zero-order valence-corrected chi connectivity index (χ0v) is 16.5. The summed E-state index contributed by atoms with van der Waals surface area (Å²) in [5.41, 5.74) is 2.06. The van der Waals surface area contributed by atoms with Gasteiger partial charge in [0.2, 0.25) is 0 Å². The largest absolute Gasteiger partial charge is 0.363 e. The van der Waals surface area contributed by atoms with Crippen LogP contribution in [-0.4, -0.2) is 51.0 Å². The summed E-state index contributed by atoms with van der Waals surface area (Å²) in [6.07, 6.45) is 8.86. The van der Waals surface area contributed by atoms with Crippen molar-refractivity contribution < 1.29 is 9.18 Å². The molecule has 0 spiro atoms. The molecule has 3 aromatic rings. The van der Waals surface area contributed by atoms with Gasteiger partial charge in [-0.1, -0.05) is 0 Å². The summed E-state index contributed by atoms with van der Waals surface area (Å²) in [6.45, 7) is 1.12. The minimum atomic E-state index is -0.965. The van der Waals surface area contributed by atoms with Crippen LogP contribution >= 0.6 is 0 Å². The molecule has 2 N–H and O–H groups in total. The van der Waals surface area contributed by atoms with E-state index in [-0.39, 0.29) is 17.7 Å². The molecule has 0 amide bonds. The summed E-state index contributed by atoms with van der Waals surface area (Å²) < 4.78 is 14.1. The number of hydrogen-bond donors (Lipinski definition) is 2. The summed E-state index contributed by atoms with van der Waals surface area (Å²) in [5, 5.41) is 8.06. The van der Waals surface area contributed by atoms with E-state index < -0.39 is 6.17 Å². The first-order chi connectivity index (χ1) is 14.7. The molecule has 7 nitrogen and oxygen atoms in total. The zero-order chi connectivity index (χ0) is 20.5. The molecule has 0 unspecified atom stereocenters. The Balaban J connectivity index is 1.38. The van der Waals surface area contributed by atoms with Crippen molar-refractivity contribution in [3.63, 3.8) is 0 Å². The molecule has 5 rings (SSSR count). The number of ketones is 1. The van der Waals surface area contributed by atoms with Gasteiger partial charge in [0.25, 0.3) is 0 Å². The van der Waals surface area contributed by atoms with Crippen LogP contribution in [0.1, 0.15) is 25.0 Å². The number of alkyl halides is 1. The highest BCUT2D eigenvalue weighted by atomic mass is 19.1. The van der Waals surface area contributed by atoms with Crippen molar-refractivity contribution in [3.8, 4) is 11.4 Å². The normalized spacial score (nSPS) is 21.5. The van der Waals surface area contributed by atoms with Gasteiger partial charge in [-0.05, 0) is 43.3 Å². The van der Waals surface area contributed by atoms with Crippen LogP contribution in [-0.2, 0) is 11.2 Å². The number of nitrogens with zero attached hydrogens (tertiary/aromatic N) is 4. The monoisotopic (exact) mass is 406 g/mol. The van der Waals surface area contributed by atoms with Gasteiger partial charge in [0, 0.05) is 42.4 Å². The van der Waals surface area contributed by atoms with Gasteiger partial charge >= 0.3 is 0 Å². The Morgan fingerprint density at radius 3 is 2.77 bits per heavy atom. The first kappa shape index (κ1) is 19.0. The fraction of sp³-hybridized carbons (Fsp3) is 0.409. The van der Waals surface area contributed by atoms with Crippen molar-refractivity contribution in [1.82, 2.24) is 25.3 Å². The number of Topliss-reactive ketones (excluding diaryl/α,β-unsaturated/α-hetero) is 1. The molecule has 4 heterocycles. The first-order valence-electron chi connectivity index (χ1n) is 10.4. The van der Waals surface area contributed by atoms with Gasteiger partial charge in [0.15, 0.2) is 0 Å². The zero-order valence-electron chi connectivity index (χ0n) is 16.5. The minimum Gasteiger partial charge on any atom is -0.363 e. The number of carbonyl (C=O) groups excluding carboxylic acids is 1. The van der Waals surface area contributed by atoms with Crippen LogP contribution in [0.15, 0.2) is 36.9 Å². The molecule has 2 atom stereocenters. The fourth-order valence-corrected chi connectivity index (χ4v) is 3.78. The second-order valence-corrected chi connectivity index (χ2v) is 8.06. The Bertz CT molecular complexity index is 1090. The van der Waals surface area contributed by atoms with Gasteiger partial charge < -0.3 is 10.6 Å². The number of halogens is 1. The van der Waals surface area contributed by atoms with E-state index in [4.69, 9.17) is 0 Å². The minimum absolute atomic E-state index is 0.227. The number of pyridine rings is 2. The van der Waals surface area contributed by atoms with Crippen LogP contribution in [0.3, 0.4) is 0 Å². The van der Waals surface area contributed by atoms with Crippen molar-refractivity contribution in [1.29, 1.82) is 0 Å². The highest BCUT2D eigenvalue weighted by Gasteiger charge is 2.29. The number of carbonyl (C=O) groups is 1. The van der Waals surface area contributed by atoms with Gasteiger partial charge in [0.1, 0.15) is 23.5 Å². The summed E-state index contributed by atoms with van der Waals surface area (Å²) in [5.74, 6) is 1.03.